The van der Waals surface area contributed by atoms with Crippen molar-refractivity contribution in [3.8, 4) is 5.75 Å². The Hall–Kier alpha value is -1.48. The van der Waals surface area contributed by atoms with Crippen molar-refractivity contribution in [2.24, 2.45) is 0 Å². The molecule has 1 aliphatic rings. The number of benzene rings is 1. The van der Waals surface area contributed by atoms with E-state index in [0.717, 1.165) is 12.3 Å². The molecule has 3 rings (SSSR count). The fourth-order valence-corrected chi connectivity index (χ4v) is 3.38. The maximum Gasteiger partial charge on any atom is 0.119 e. The zero-order valence-electron chi connectivity index (χ0n) is 12.0. The Morgan fingerprint density at radius 2 is 2.21 bits per heavy atom. The third-order valence-electron chi connectivity index (χ3n) is 4.28. The Morgan fingerprint density at radius 1 is 1.37 bits per heavy atom. The van der Waals surface area contributed by atoms with Gasteiger partial charge in [0.25, 0.3) is 0 Å². The normalized spacial score (nSPS) is 20.9. The quantitative estimate of drug-likeness (QED) is 0.895. The van der Waals surface area contributed by atoms with Crippen LogP contribution in [0.1, 0.15) is 30.0 Å². The highest BCUT2D eigenvalue weighted by atomic mass is 16.5. The second-order valence-electron chi connectivity index (χ2n) is 5.68. The molecule has 1 atom stereocenters. The van der Waals surface area contributed by atoms with Crippen molar-refractivity contribution in [1.82, 2.24) is 9.88 Å². The molecule has 0 radical (unpaired) electrons. The van der Waals surface area contributed by atoms with Crippen LogP contribution in [0.25, 0.3) is 10.9 Å². The van der Waals surface area contributed by atoms with Crippen LogP contribution in [0.3, 0.4) is 0 Å². The number of ether oxygens (including phenoxy) is 1. The monoisotopic (exact) mass is 258 g/mol. The van der Waals surface area contributed by atoms with Crippen LogP contribution in [0.5, 0.6) is 5.75 Å². The summed E-state index contributed by atoms with van der Waals surface area (Å²) in [5.74, 6) is 1.58. The molecule has 1 aliphatic heterocycles. The van der Waals surface area contributed by atoms with Crippen molar-refractivity contribution in [2.45, 2.75) is 25.7 Å². The molecule has 102 valence electrons. The van der Waals surface area contributed by atoms with Gasteiger partial charge in [-0.3, -0.25) is 0 Å². The summed E-state index contributed by atoms with van der Waals surface area (Å²) >= 11 is 0. The lowest BCUT2D eigenvalue weighted by Crippen LogP contribution is -2.31. The standard InChI is InChI=1S/C16H22N2O/c1-11-16(12-5-4-8-18(2)10-12)14-9-13(19-3)6-7-15(14)17-11/h6-7,9,12,17H,4-5,8,10H2,1-3H3/t12-/m0/s1. The predicted molar refractivity (Wildman–Crippen MR) is 79.1 cm³/mol. The number of piperidine rings is 1. The summed E-state index contributed by atoms with van der Waals surface area (Å²) in [5.41, 5.74) is 4.02. The topological polar surface area (TPSA) is 28.3 Å². The summed E-state index contributed by atoms with van der Waals surface area (Å²) in [6.07, 6.45) is 2.58. The molecule has 1 fully saturated rings. The Morgan fingerprint density at radius 3 is 2.95 bits per heavy atom. The maximum atomic E-state index is 5.37. The average molecular weight is 258 g/mol. The van der Waals surface area contributed by atoms with Crippen molar-refractivity contribution >= 4 is 10.9 Å². The van der Waals surface area contributed by atoms with E-state index in [9.17, 15) is 0 Å². The molecule has 0 amide bonds. The summed E-state index contributed by atoms with van der Waals surface area (Å²) < 4.78 is 5.37. The summed E-state index contributed by atoms with van der Waals surface area (Å²) in [4.78, 5) is 5.95. The number of fused-ring (bicyclic) bond motifs is 1. The van der Waals surface area contributed by atoms with E-state index in [1.165, 1.54) is 41.5 Å². The van der Waals surface area contributed by atoms with Gasteiger partial charge in [0, 0.05) is 23.1 Å². The molecule has 1 N–H and O–H groups in total. The summed E-state index contributed by atoms with van der Waals surface area (Å²) in [5, 5.41) is 1.33. The van der Waals surface area contributed by atoms with E-state index in [4.69, 9.17) is 4.74 Å². The molecule has 0 saturated carbocycles. The summed E-state index contributed by atoms with van der Waals surface area (Å²) in [6.45, 7) is 4.57. The predicted octanol–water partition coefficient (Wildman–Crippen LogP) is 3.29. The molecule has 2 heterocycles. The van der Waals surface area contributed by atoms with Crippen molar-refractivity contribution in [3.63, 3.8) is 0 Å². The van der Waals surface area contributed by atoms with Crippen molar-refractivity contribution in [1.29, 1.82) is 0 Å². The number of hydrogen-bond acceptors (Lipinski definition) is 2. The van der Waals surface area contributed by atoms with Crippen molar-refractivity contribution < 1.29 is 4.74 Å². The lowest BCUT2D eigenvalue weighted by atomic mass is 9.89. The number of methoxy groups -OCH3 is 1. The molecule has 0 unspecified atom stereocenters. The first-order chi connectivity index (χ1) is 9.19. The second-order valence-corrected chi connectivity index (χ2v) is 5.68. The number of hydrogen-bond donors (Lipinski definition) is 1. The van der Waals surface area contributed by atoms with Gasteiger partial charge in [-0.05, 0) is 63.0 Å². The van der Waals surface area contributed by atoms with Crippen LogP contribution < -0.4 is 4.74 Å². The number of H-pyrrole nitrogens is 1. The van der Waals surface area contributed by atoms with E-state index in [0.29, 0.717) is 5.92 Å². The SMILES string of the molecule is COc1ccc2[nH]c(C)c([C@H]3CCCN(C)C3)c2c1. The lowest BCUT2D eigenvalue weighted by molar-refractivity contribution is 0.251. The van der Waals surface area contributed by atoms with Gasteiger partial charge >= 0.3 is 0 Å². The van der Waals surface area contributed by atoms with Gasteiger partial charge in [-0.2, -0.15) is 0 Å². The summed E-state index contributed by atoms with van der Waals surface area (Å²) in [7, 11) is 3.95. The van der Waals surface area contributed by atoms with Gasteiger partial charge in [0.1, 0.15) is 5.75 Å². The van der Waals surface area contributed by atoms with Crippen LogP contribution in [0, 0.1) is 6.92 Å². The first-order valence-corrected chi connectivity index (χ1v) is 7.04. The maximum absolute atomic E-state index is 5.37. The van der Waals surface area contributed by atoms with Crippen LogP contribution >= 0.6 is 0 Å². The first kappa shape index (κ1) is 12.5. The number of aromatic nitrogens is 1. The third kappa shape index (κ3) is 2.23. The van der Waals surface area contributed by atoms with E-state index in [-0.39, 0.29) is 0 Å². The molecule has 0 spiro atoms. The minimum absolute atomic E-state index is 0.639. The van der Waals surface area contributed by atoms with E-state index in [1.54, 1.807) is 7.11 Å². The van der Waals surface area contributed by atoms with Crippen molar-refractivity contribution in [2.75, 3.05) is 27.2 Å². The molecule has 1 saturated heterocycles. The number of nitrogens with zero attached hydrogens (tertiary/aromatic N) is 1. The van der Waals surface area contributed by atoms with Gasteiger partial charge in [0.15, 0.2) is 0 Å². The minimum atomic E-state index is 0.639. The van der Waals surface area contributed by atoms with Gasteiger partial charge < -0.3 is 14.6 Å². The van der Waals surface area contributed by atoms with E-state index < -0.39 is 0 Å². The molecule has 2 aromatic rings. The van der Waals surface area contributed by atoms with Crippen LogP contribution in [-0.4, -0.2) is 37.1 Å². The Bertz CT molecular complexity index is 588. The van der Waals surface area contributed by atoms with Gasteiger partial charge in [0.05, 0.1) is 7.11 Å². The van der Waals surface area contributed by atoms with Gasteiger partial charge in [-0.25, -0.2) is 0 Å². The number of rotatable bonds is 2. The molecule has 3 nitrogen and oxygen atoms in total. The number of aryl methyl sites for hydroxylation is 1. The molecular formula is C16H22N2O. The number of nitrogens with one attached hydrogen (secondary N) is 1. The Kier molecular flexibility index (Phi) is 3.23. The molecule has 0 aliphatic carbocycles. The van der Waals surface area contributed by atoms with Gasteiger partial charge in [-0.1, -0.05) is 0 Å². The largest absolute Gasteiger partial charge is 0.497 e. The van der Waals surface area contributed by atoms with Crippen LogP contribution in [-0.2, 0) is 0 Å². The van der Waals surface area contributed by atoms with Crippen LogP contribution in [0.2, 0.25) is 0 Å². The number of aromatic amines is 1. The molecule has 0 bridgehead atoms. The molecule has 3 heteroatoms. The molecular weight excluding hydrogens is 236 g/mol. The first-order valence-electron chi connectivity index (χ1n) is 7.04. The zero-order chi connectivity index (χ0) is 13.4. The Labute approximate surface area is 114 Å². The molecule has 1 aromatic heterocycles. The van der Waals surface area contributed by atoms with Crippen LogP contribution in [0.15, 0.2) is 18.2 Å². The molecule has 1 aromatic carbocycles. The fourth-order valence-electron chi connectivity index (χ4n) is 3.38. The lowest BCUT2D eigenvalue weighted by Gasteiger charge is -2.30. The van der Waals surface area contributed by atoms with E-state index in [1.807, 2.05) is 6.07 Å². The van der Waals surface area contributed by atoms with E-state index in [2.05, 4.69) is 36.0 Å². The number of likely N-dealkylation sites (N-methyl/N-ethyl adjacent to an activating group) is 1. The Balaban J connectivity index is 2.08. The summed E-state index contributed by atoms with van der Waals surface area (Å²) in [6, 6.07) is 6.31. The van der Waals surface area contributed by atoms with E-state index >= 15 is 0 Å². The minimum Gasteiger partial charge on any atom is -0.497 e. The highest BCUT2D eigenvalue weighted by Crippen LogP contribution is 2.35. The van der Waals surface area contributed by atoms with Crippen molar-refractivity contribution in [3.05, 3.63) is 29.5 Å². The fraction of sp³-hybridized carbons (Fsp3) is 0.500. The second kappa shape index (κ2) is 4.89. The highest BCUT2D eigenvalue weighted by Gasteiger charge is 2.23. The van der Waals surface area contributed by atoms with Gasteiger partial charge in [-0.15, -0.1) is 0 Å². The van der Waals surface area contributed by atoms with Crippen LogP contribution in [0.4, 0.5) is 0 Å². The average Bonchev–Trinajstić information content (AvgIpc) is 2.73. The zero-order valence-corrected chi connectivity index (χ0v) is 12.0. The molecule has 19 heavy (non-hydrogen) atoms. The smallest absolute Gasteiger partial charge is 0.119 e. The third-order valence-corrected chi connectivity index (χ3v) is 4.28. The highest BCUT2D eigenvalue weighted by molar-refractivity contribution is 5.86. The number of likely N-dealkylation sites (tertiary alicyclic amines) is 1. The van der Waals surface area contributed by atoms with Gasteiger partial charge in [0.2, 0.25) is 0 Å².